The number of hydrogen-bond acceptors (Lipinski definition) is 3. The van der Waals surface area contributed by atoms with Crippen molar-refractivity contribution in [2.75, 3.05) is 26.2 Å². The standard InChI is InChI=1S/C22H26N2O3/c25-21(23-14-18-9-5-13-27-18)17-8-4-12-24(15-17)22(26)20-11-3-7-16-6-1-2-10-19(16)20/h1-3,6-7,10-11,17-18H,4-5,8-9,12-15H2,(H,23,25)/t17-,18+/m0/s1. The Morgan fingerprint density at radius 1 is 1.07 bits per heavy atom. The Morgan fingerprint density at radius 2 is 1.93 bits per heavy atom. The zero-order valence-electron chi connectivity index (χ0n) is 15.5. The number of likely N-dealkylation sites (tertiary alicyclic amines) is 1. The van der Waals surface area contributed by atoms with Gasteiger partial charge in [-0.2, -0.15) is 0 Å². The minimum Gasteiger partial charge on any atom is -0.376 e. The van der Waals surface area contributed by atoms with Gasteiger partial charge in [0.2, 0.25) is 5.91 Å². The lowest BCUT2D eigenvalue weighted by Gasteiger charge is -2.32. The number of hydrogen-bond donors (Lipinski definition) is 1. The lowest BCUT2D eigenvalue weighted by molar-refractivity contribution is -0.126. The van der Waals surface area contributed by atoms with E-state index in [1.165, 1.54) is 0 Å². The first-order valence-corrected chi connectivity index (χ1v) is 9.89. The van der Waals surface area contributed by atoms with Crippen LogP contribution in [0.15, 0.2) is 42.5 Å². The molecule has 27 heavy (non-hydrogen) atoms. The summed E-state index contributed by atoms with van der Waals surface area (Å²) in [6.45, 7) is 2.56. The van der Waals surface area contributed by atoms with Crippen LogP contribution < -0.4 is 5.32 Å². The van der Waals surface area contributed by atoms with Gasteiger partial charge >= 0.3 is 0 Å². The fourth-order valence-electron chi connectivity index (χ4n) is 4.12. The molecule has 2 heterocycles. The quantitative estimate of drug-likeness (QED) is 0.905. The fourth-order valence-corrected chi connectivity index (χ4v) is 4.12. The summed E-state index contributed by atoms with van der Waals surface area (Å²) < 4.78 is 5.57. The molecule has 4 rings (SSSR count). The van der Waals surface area contributed by atoms with Crippen molar-refractivity contribution in [1.29, 1.82) is 0 Å². The first-order chi connectivity index (χ1) is 13.2. The Labute approximate surface area is 159 Å². The molecule has 5 heteroatoms. The third kappa shape index (κ3) is 3.98. The summed E-state index contributed by atoms with van der Waals surface area (Å²) in [6.07, 6.45) is 3.91. The number of carbonyl (C=O) groups is 2. The molecule has 0 aliphatic carbocycles. The van der Waals surface area contributed by atoms with Crippen LogP contribution in [-0.2, 0) is 9.53 Å². The first-order valence-electron chi connectivity index (χ1n) is 9.89. The molecule has 5 nitrogen and oxygen atoms in total. The lowest BCUT2D eigenvalue weighted by Crippen LogP contribution is -2.46. The Bertz CT molecular complexity index is 824. The van der Waals surface area contributed by atoms with Crippen molar-refractivity contribution in [2.45, 2.75) is 31.8 Å². The van der Waals surface area contributed by atoms with Crippen LogP contribution in [0.3, 0.4) is 0 Å². The number of fused-ring (bicyclic) bond motifs is 1. The van der Waals surface area contributed by atoms with Gasteiger partial charge in [-0.3, -0.25) is 9.59 Å². The van der Waals surface area contributed by atoms with E-state index in [9.17, 15) is 9.59 Å². The number of rotatable bonds is 4. The third-order valence-corrected chi connectivity index (χ3v) is 5.63. The van der Waals surface area contributed by atoms with E-state index in [1.807, 2.05) is 47.4 Å². The maximum atomic E-state index is 13.1. The highest BCUT2D eigenvalue weighted by atomic mass is 16.5. The number of benzene rings is 2. The van der Waals surface area contributed by atoms with Gasteiger partial charge in [-0.05, 0) is 42.5 Å². The highest BCUT2D eigenvalue weighted by molar-refractivity contribution is 6.07. The molecule has 0 bridgehead atoms. The van der Waals surface area contributed by atoms with Crippen LogP contribution in [0.4, 0.5) is 0 Å². The molecule has 2 saturated heterocycles. The van der Waals surface area contributed by atoms with Gasteiger partial charge < -0.3 is 15.0 Å². The summed E-state index contributed by atoms with van der Waals surface area (Å²) >= 11 is 0. The molecule has 2 atom stereocenters. The van der Waals surface area contributed by atoms with Crippen molar-refractivity contribution < 1.29 is 14.3 Å². The molecule has 2 aliphatic heterocycles. The van der Waals surface area contributed by atoms with Gasteiger partial charge in [0.1, 0.15) is 0 Å². The molecule has 2 aromatic carbocycles. The van der Waals surface area contributed by atoms with Gasteiger partial charge in [0.25, 0.3) is 5.91 Å². The third-order valence-electron chi connectivity index (χ3n) is 5.63. The van der Waals surface area contributed by atoms with Crippen LogP contribution in [0, 0.1) is 5.92 Å². The predicted molar refractivity (Wildman–Crippen MR) is 105 cm³/mol. The SMILES string of the molecule is O=C(NC[C@H]1CCCO1)[C@H]1CCCN(C(=O)c2cccc3ccccc23)C1. The monoisotopic (exact) mass is 366 g/mol. The zero-order chi connectivity index (χ0) is 18.6. The average molecular weight is 366 g/mol. The summed E-state index contributed by atoms with van der Waals surface area (Å²) in [7, 11) is 0. The predicted octanol–water partition coefficient (Wildman–Crippen LogP) is 2.99. The average Bonchev–Trinajstić information content (AvgIpc) is 3.25. The highest BCUT2D eigenvalue weighted by Crippen LogP contribution is 2.23. The molecule has 0 radical (unpaired) electrons. The van der Waals surface area contributed by atoms with Gasteiger partial charge in [-0.15, -0.1) is 0 Å². The molecule has 2 aromatic rings. The zero-order valence-corrected chi connectivity index (χ0v) is 15.5. The number of carbonyl (C=O) groups excluding carboxylic acids is 2. The van der Waals surface area contributed by atoms with E-state index in [1.54, 1.807) is 0 Å². The molecule has 142 valence electrons. The summed E-state index contributed by atoms with van der Waals surface area (Å²) in [4.78, 5) is 27.5. The Hall–Kier alpha value is -2.40. The van der Waals surface area contributed by atoms with Gasteiger partial charge in [0.15, 0.2) is 0 Å². The maximum absolute atomic E-state index is 13.1. The van der Waals surface area contributed by atoms with Crippen LogP contribution >= 0.6 is 0 Å². The minimum absolute atomic E-state index is 0.0171. The van der Waals surface area contributed by atoms with Crippen molar-refractivity contribution in [2.24, 2.45) is 5.92 Å². The molecular formula is C22H26N2O3. The molecule has 0 spiro atoms. The largest absolute Gasteiger partial charge is 0.376 e. The second kappa shape index (κ2) is 8.09. The summed E-state index contributed by atoms with van der Waals surface area (Å²) in [5.41, 5.74) is 0.716. The summed E-state index contributed by atoms with van der Waals surface area (Å²) in [6, 6.07) is 13.8. The van der Waals surface area contributed by atoms with Crippen molar-refractivity contribution in [3.05, 3.63) is 48.0 Å². The van der Waals surface area contributed by atoms with Crippen molar-refractivity contribution in [3.63, 3.8) is 0 Å². The number of nitrogens with zero attached hydrogens (tertiary/aromatic N) is 1. The van der Waals surface area contributed by atoms with E-state index in [0.29, 0.717) is 25.2 Å². The molecule has 2 fully saturated rings. The highest BCUT2D eigenvalue weighted by Gasteiger charge is 2.30. The van der Waals surface area contributed by atoms with Crippen molar-refractivity contribution in [3.8, 4) is 0 Å². The molecule has 2 amide bonds. The van der Waals surface area contributed by atoms with Crippen LogP contribution in [0.1, 0.15) is 36.0 Å². The Kier molecular flexibility index (Phi) is 5.39. The second-order valence-corrected chi connectivity index (χ2v) is 7.50. The number of nitrogens with one attached hydrogen (secondary N) is 1. The Morgan fingerprint density at radius 3 is 2.78 bits per heavy atom. The maximum Gasteiger partial charge on any atom is 0.254 e. The summed E-state index contributed by atoms with van der Waals surface area (Å²) in [5, 5.41) is 5.05. The van der Waals surface area contributed by atoms with Crippen LogP contribution in [0.5, 0.6) is 0 Å². The van der Waals surface area contributed by atoms with Crippen molar-refractivity contribution >= 4 is 22.6 Å². The van der Waals surface area contributed by atoms with Crippen molar-refractivity contribution in [1.82, 2.24) is 10.2 Å². The van der Waals surface area contributed by atoms with E-state index < -0.39 is 0 Å². The van der Waals surface area contributed by atoms with Gasteiger partial charge in [-0.1, -0.05) is 36.4 Å². The van der Waals surface area contributed by atoms with Crippen LogP contribution in [0.2, 0.25) is 0 Å². The van der Waals surface area contributed by atoms with E-state index in [-0.39, 0.29) is 23.8 Å². The number of amides is 2. The van der Waals surface area contributed by atoms with Gasteiger partial charge in [0.05, 0.1) is 12.0 Å². The smallest absolute Gasteiger partial charge is 0.254 e. The summed E-state index contributed by atoms with van der Waals surface area (Å²) in [5.74, 6) is -0.0802. The van der Waals surface area contributed by atoms with E-state index in [4.69, 9.17) is 4.74 Å². The molecule has 0 unspecified atom stereocenters. The van der Waals surface area contributed by atoms with E-state index >= 15 is 0 Å². The Balaban J connectivity index is 1.42. The lowest BCUT2D eigenvalue weighted by atomic mass is 9.95. The fraction of sp³-hybridized carbons (Fsp3) is 0.455. The van der Waals surface area contributed by atoms with Gasteiger partial charge in [-0.25, -0.2) is 0 Å². The van der Waals surface area contributed by atoms with Crippen LogP contribution in [-0.4, -0.2) is 49.1 Å². The molecule has 0 aromatic heterocycles. The van der Waals surface area contributed by atoms with Crippen LogP contribution in [0.25, 0.3) is 10.8 Å². The number of ether oxygens (including phenoxy) is 1. The second-order valence-electron chi connectivity index (χ2n) is 7.50. The van der Waals surface area contributed by atoms with E-state index in [0.717, 1.165) is 43.1 Å². The van der Waals surface area contributed by atoms with Gasteiger partial charge in [0, 0.05) is 31.8 Å². The molecule has 2 aliphatic rings. The normalized spacial score (nSPS) is 22.7. The number of piperidine rings is 1. The molecule has 1 N–H and O–H groups in total. The minimum atomic E-state index is -0.140. The topological polar surface area (TPSA) is 58.6 Å². The molecule has 0 saturated carbocycles. The first kappa shape index (κ1) is 18.0. The van der Waals surface area contributed by atoms with E-state index in [2.05, 4.69) is 5.32 Å². The molecular weight excluding hydrogens is 340 g/mol.